The van der Waals surface area contributed by atoms with E-state index in [0.717, 1.165) is 19.3 Å². The minimum atomic E-state index is -0.462. The molecule has 4 atom stereocenters. The van der Waals surface area contributed by atoms with Crippen molar-refractivity contribution < 1.29 is 9.84 Å². The summed E-state index contributed by atoms with van der Waals surface area (Å²) in [4.78, 5) is 0. The molecule has 0 aromatic carbocycles. The van der Waals surface area contributed by atoms with E-state index in [2.05, 4.69) is 39.2 Å². The van der Waals surface area contributed by atoms with Crippen LogP contribution in [0.25, 0.3) is 0 Å². The van der Waals surface area contributed by atoms with Gasteiger partial charge in [-0.3, -0.25) is 0 Å². The van der Waals surface area contributed by atoms with Crippen LogP contribution in [0.3, 0.4) is 0 Å². The second-order valence-electron chi connectivity index (χ2n) is 8.00. The number of hydrogen-bond acceptors (Lipinski definition) is 2. The summed E-state index contributed by atoms with van der Waals surface area (Å²) in [6.45, 7) is 17.3. The van der Waals surface area contributed by atoms with E-state index in [0.29, 0.717) is 24.9 Å². The van der Waals surface area contributed by atoms with Crippen LogP contribution in [-0.4, -0.2) is 23.4 Å². The Bertz CT molecular complexity index is 474. The number of rotatable bonds is 3. The van der Waals surface area contributed by atoms with E-state index >= 15 is 0 Å². The topological polar surface area (TPSA) is 29.5 Å². The maximum atomic E-state index is 10.2. The van der Waals surface area contributed by atoms with Crippen LogP contribution in [0.5, 0.6) is 0 Å². The van der Waals surface area contributed by atoms with Crippen molar-refractivity contribution >= 4 is 0 Å². The highest BCUT2D eigenvalue weighted by molar-refractivity contribution is 5.18. The van der Waals surface area contributed by atoms with Crippen LogP contribution in [0, 0.1) is 17.3 Å². The van der Waals surface area contributed by atoms with Crippen LogP contribution < -0.4 is 0 Å². The number of hydrogen-bond donors (Lipinski definition) is 1. The largest absolute Gasteiger partial charge is 0.390 e. The number of ether oxygens (including phenoxy) is 1. The first-order valence-corrected chi connectivity index (χ1v) is 8.49. The maximum Gasteiger partial charge on any atom is 0.0891 e. The Morgan fingerprint density at radius 1 is 1.41 bits per heavy atom. The van der Waals surface area contributed by atoms with Gasteiger partial charge in [0.25, 0.3) is 0 Å². The van der Waals surface area contributed by atoms with E-state index in [1.807, 2.05) is 13.8 Å². The minimum absolute atomic E-state index is 0.160. The zero-order valence-electron chi connectivity index (χ0n) is 14.7. The maximum absolute atomic E-state index is 10.2. The molecule has 2 nitrogen and oxygen atoms in total. The van der Waals surface area contributed by atoms with Crippen molar-refractivity contribution in [2.75, 3.05) is 6.61 Å². The van der Waals surface area contributed by atoms with Gasteiger partial charge in [-0.25, -0.2) is 0 Å². The molecule has 0 aromatic rings. The number of aliphatic hydroxyl groups is 1. The fraction of sp³-hybridized carbons (Fsp3) is 0.700. The molecule has 2 rings (SSSR count). The molecule has 0 unspecified atom stereocenters. The molecule has 1 heterocycles. The summed E-state index contributed by atoms with van der Waals surface area (Å²) in [6.07, 6.45) is 8.02. The molecule has 0 saturated heterocycles. The Morgan fingerprint density at radius 3 is 2.68 bits per heavy atom. The van der Waals surface area contributed by atoms with Crippen molar-refractivity contribution in [3.8, 4) is 0 Å². The van der Waals surface area contributed by atoms with Crippen LogP contribution in [0.15, 0.2) is 36.5 Å². The van der Waals surface area contributed by atoms with Crippen molar-refractivity contribution in [2.24, 2.45) is 17.3 Å². The van der Waals surface area contributed by atoms with Gasteiger partial charge in [-0.05, 0) is 69.3 Å². The molecule has 0 aromatic heterocycles. The van der Waals surface area contributed by atoms with E-state index in [4.69, 9.17) is 4.74 Å². The summed E-state index contributed by atoms with van der Waals surface area (Å²) in [5.74, 6) is 1.02. The third-order valence-corrected chi connectivity index (χ3v) is 5.95. The first-order chi connectivity index (χ1) is 10.2. The van der Waals surface area contributed by atoms with Crippen LogP contribution in [-0.2, 0) is 4.74 Å². The van der Waals surface area contributed by atoms with Gasteiger partial charge in [0.15, 0.2) is 0 Å². The predicted octanol–water partition coefficient (Wildman–Crippen LogP) is 4.66. The summed E-state index contributed by atoms with van der Waals surface area (Å²) in [6, 6.07) is 0. The summed E-state index contributed by atoms with van der Waals surface area (Å²) in [7, 11) is 0. The van der Waals surface area contributed by atoms with Crippen molar-refractivity contribution in [3.63, 3.8) is 0 Å². The smallest absolute Gasteiger partial charge is 0.0891 e. The first kappa shape index (κ1) is 17.5. The summed E-state index contributed by atoms with van der Waals surface area (Å²) in [5.41, 5.74) is 2.31. The van der Waals surface area contributed by atoms with Gasteiger partial charge in [-0.2, -0.15) is 0 Å². The van der Waals surface area contributed by atoms with Crippen LogP contribution in [0.2, 0.25) is 0 Å². The van der Waals surface area contributed by atoms with Crippen LogP contribution in [0.4, 0.5) is 0 Å². The zero-order valence-corrected chi connectivity index (χ0v) is 14.7. The lowest BCUT2D eigenvalue weighted by Gasteiger charge is -2.44. The molecule has 0 bridgehead atoms. The van der Waals surface area contributed by atoms with Crippen molar-refractivity contribution in [2.45, 2.75) is 65.1 Å². The Labute approximate surface area is 136 Å². The van der Waals surface area contributed by atoms with Gasteiger partial charge < -0.3 is 9.84 Å². The van der Waals surface area contributed by atoms with Gasteiger partial charge >= 0.3 is 0 Å². The molecule has 1 aliphatic carbocycles. The highest BCUT2D eigenvalue weighted by Gasteiger charge is 2.40. The average molecular weight is 304 g/mol. The molecule has 1 N–H and O–H groups in total. The van der Waals surface area contributed by atoms with Crippen LogP contribution in [0.1, 0.15) is 53.4 Å². The second-order valence-corrected chi connectivity index (χ2v) is 8.00. The third kappa shape index (κ3) is 3.38. The molecule has 1 saturated carbocycles. The van der Waals surface area contributed by atoms with E-state index in [1.165, 1.54) is 11.1 Å². The third-order valence-electron chi connectivity index (χ3n) is 5.95. The molecule has 22 heavy (non-hydrogen) atoms. The van der Waals surface area contributed by atoms with Gasteiger partial charge in [0.05, 0.1) is 18.3 Å². The lowest BCUT2D eigenvalue weighted by Crippen LogP contribution is -2.38. The van der Waals surface area contributed by atoms with Crippen molar-refractivity contribution in [1.82, 2.24) is 0 Å². The molecule has 0 spiro atoms. The molecule has 1 aliphatic heterocycles. The van der Waals surface area contributed by atoms with E-state index in [1.54, 1.807) is 0 Å². The van der Waals surface area contributed by atoms with Gasteiger partial charge in [-0.1, -0.05) is 31.2 Å². The molecule has 124 valence electrons. The molecular formula is C20H32O2. The number of aliphatic hydroxyl groups excluding tert-OH is 1. The summed E-state index contributed by atoms with van der Waals surface area (Å²) in [5, 5.41) is 10.2. The van der Waals surface area contributed by atoms with Gasteiger partial charge in [0.1, 0.15) is 0 Å². The molecule has 2 aliphatic rings. The molecule has 2 heteroatoms. The fourth-order valence-corrected chi connectivity index (χ4v) is 3.93. The molecule has 1 fully saturated rings. The molecule has 0 radical (unpaired) electrons. The lowest BCUT2D eigenvalue weighted by molar-refractivity contribution is -0.0881. The highest BCUT2D eigenvalue weighted by atomic mass is 16.5. The van der Waals surface area contributed by atoms with Gasteiger partial charge in [0.2, 0.25) is 0 Å². The second kappa shape index (κ2) is 6.33. The quantitative estimate of drug-likeness (QED) is 0.769. The van der Waals surface area contributed by atoms with Crippen molar-refractivity contribution in [3.05, 3.63) is 36.5 Å². The monoisotopic (exact) mass is 304 g/mol. The molecule has 0 amide bonds. The summed E-state index contributed by atoms with van der Waals surface area (Å²) < 4.78 is 5.98. The SMILES string of the molecule is C=C[C@@]1(C)CC[C@H](C2=CC[C@@H](O)C(C)(C)OC2)C[C@@H]1C(=C)C. The average Bonchev–Trinajstić information content (AvgIpc) is 2.59. The zero-order chi connectivity index (χ0) is 16.5. The van der Waals surface area contributed by atoms with E-state index in [9.17, 15) is 5.11 Å². The predicted molar refractivity (Wildman–Crippen MR) is 92.7 cm³/mol. The Kier molecular flexibility index (Phi) is 5.03. The molecular weight excluding hydrogens is 272 g/mol. The van der Waals surface area contributed by atoms with Crippen LogP contribution >= 0.6 is 0 Å². The Balaban J connectivity index is 2.14. The van der Waals surface area contributed by atoms with E-state index < -0.39 is 11.7 Å². The van der Waals surface area contributed by atoms with Crippen molar-refractivity contribution in [1.29, 1.82) is 0 Å². The van der Waals surface area contributed by atoms with E-state index in [-0.39, 0.29) is 5.41 Å². The minimum Gasteiger partial charge on any atom is -0.390 e. The first-order valence-electron chi connectivity index (χ1n) is 8.49. The van der Waals surface area contributed by atoms with Gasteiger partial charge in [-0.15, -0.1) is 6.58 Å². The Morgan fingerprint density at radius 2 is 2.09 bits per heavy atom. The normalized spacial score (nSPS) is 38.8. The standard InChI is InChI=1S/C20H32O2/c1-7-20(6)11-10-15(12-17(20)14(2)3)16-8-9-18(21)19(4,5)22-13-16/h7-8,15,17-18,21H,1-2,9-13H2,3-6H3/t15-,17+,18+,20-/m0/s1. The fourth-order valence-electron chi connectivity index (χ4n) is 3.93. The highest BCUT2D eigenvalue weighted by Crippen LogP contribution is 2.49. The number of allylic oxidation sites excluding steroid dienone is 2. The van der Waals surface area contributed by atoms with Gasteiger partial charge in [0, 0.05) is 0 Å². The Hall–Kier alpha value is -0.860. The lowest BCUT2D eigenvalue weighted by atomic mass is 9.61. The summed E-state index contributed by atoms with van der Waals surface area (Å²) >= 11 is 0.